The van der Waals surface area contributed by atoms with Crippen LogP contribution in [0.25, 0.3) is 11.0 Å². The van der Waals surface area contributed by atoms with Gasteiger partial charge in [0.1, 0.15) is 11.6 Å². The number of amides is 1. The smallest absolute Gasteiger partial charge is 0.223 e. The topological polar surface area (TPSA) is 47.4 Å². The van der Waals surface area contributed by atoms with Gasteiger partial charge in [0, 0.05) is 31.5 Å². The summed E-state index contributed by atoms with van der Waals surface area (Å²) in [5.74, 6) is 2.52. The van der Waals surface area contributed by atoms with Crippen LogP contribution in [0.3, 0.4) is 0 Å². The number of unbranched alkanes of at least 4 members (excludes halogenated alkanes) is 1. The minimum Gasteiger partial charge on any atom is -0.494 e. The van der Waals surface area contributed by atoms with Gasteiger partial charge in [-0.05, 0) is 62.4 Å². The summed E-state index contributed by atoms with van der Waals surface area (Å²) in [6.07, 6.45) is 4.92. The van der Waals surface area contributed by atoms with Crippen LogP contribution >= 0.6 is 0 Å². The first kappa shape index (κ1) is 19.2. The van der Waals surface area contributed by atoms with Crippen LogP contribution in [-0.2, 0) is 11.3 Å². The number of carbonyl (C=O) groups is 1. The number of nitrogens with zero attached hydrogens (tertiary/aromatic N) is 3. The molecule has 5 rings (SSSR count). The van der Waals surface area contributed by atoms with Crippen molar-refractivity contribution in [3.63, 3.8) is 0 Å². The molecule has 1 aromatic heterocycles. The van der Waals surface area contributed by atoms with Gasteiger partial charge in [0.15, 0.2) is 0 Å². The number of hydrogen-bond acceptors (Lipinski definition) is 3. The number of hydrogen-bond donors (Lipinski definition) is 0. The lowest BCUT2D eigenvalue weighted by Crippen LogP contribution is -2.27. The summed E-state index contributed by atoms with van der Waals surface area (Å²) in [5, 5.41) is 0. The predicted molar refractivity (Wildman–Crippen MR) is 118 cm³/mol. The molecule has 2 heterocycles. The summed E-state index contributed by atoms with van der Waals surface area (Å²) < 4.78 is 8.25. The summed E-state index contributed by atoms with van der Waals surface area (Å²) >= 11 is 0. The van der Waals surface area contributed by atoms with E-state index in [0.717, 1.165) is 55.9 Å². The van der Waals surface area contributed by atoms with Crippen molar-refractivity contribution in [1.82, 2.24) is 14.5 Å². The van der Waals surface area contributed by atoms with Crippen molar-refractivity contribution in [1.29, 1.82) is 0 Å². The number of aromatic nitrogens is 2. The Bertz CT molecular complexity index is 1050. The Morgan fingerprint density at radius 2 is 1.97 bits per heavy atom. The highest BCUT2D eigenvalue weighted by Gasteiger charge is 2.41. The van der Waals surface area contributed by atoms with Crippen molar-refractivity contribution >= 4 is 16.9 Å². The summed E-state index contributed by atoms with van der Waals surface area (Å²) in [6.45, 7) is 4.52. The molecule has 1 amide bonds. The van der Waals surface area contributed by atoms with Gasteiger partial charge < -0.3 is 14.2 Å². The third kappa shape index (κ3) is 3.93. The molecule has 5 nitrogen and oxygen atoms in total. The normalized spacial score (nSPS) is 19.0. The summed E-state index contributed by atoms with van der Waals surface area (Å²) in [5.41, 5.74) is 3.42. The van der Waals surface area contributed by atoms with E-state index in [0.29, 0.717) is 25.0 Å². The quantitative estimate of drug-likeness (QED) is 0.513. The lowest BCUT2D eigenvalue weighted by molar-refractivity contribution is -0.128. The van der Waals surface area contributed by atoms with E-state index >= 15 is 0 Å². The van der Waals surface area contributed by atoms with E-state index < -0.39 is 0 Å². The molecule has 0 bridgehead atoms. The molecule has 30 heavy (non-hydrogen) atoms. The highest BCUT2D eigenvalue weighted by atomic mass is 16.5. The van der Waals surface area contributed by atoms with E-state index in [1.54, 1.807) is 0 Å². The van der Waals surface area contributed by atoms with E-state index in [-0.39, 0.29) is 5.92 Å². The minimum atomic E-state index is 0.203. The van der Waals surface area contributed by atoms with Crippen molar-refractivity contribution in [3.05, 3.63) is 59.9 Å². The molecule has 2 aromatic carbocycles. The van der Waals surface area contributed by atoms with Crippen molar-refractivity contribution in [2.45, 2.75) is 57.5 Å². The Hall–Kier alpha value is -2.82. The van der Waals surface area contributed by atoms with Gasteiger partial charge in [0.25, 0.3) is 0 Å². The van der Waals surface area contributed by atoms with Crippen molar-refractivity contribution < 1.29 is 9.53 Å². The first-order valence-electron chi connectivity index (χ1n) is 11.1. The standard InChI is InChI=1S/C25H29N3O2/c1-18-7-6-8-21(15-18)30-14-5-4-13-27-23-10-3-2-9-22(23)26-25(27)19-16-24(29)28(17-19)20-11-12-20/h2-3,6-10,15,19-20H,4-5,11-14,16-17H2,1H3. The van der Waals surface area contributed by atoms with E-state index in [9.17, 15) is 4.79 Å². The van der Waals surface area contributed by atoms with E-state index in [2.05, 4.69) is 46.7 Å². The third-order valence-corrected chi connectivity index (χ3v) is 6.23. The van der Waals surface area contributed by atoms with Gasteiger partial charge in [0.05, 0.1) is 17.6 Å². The van der Waals surface area contributed by atoms with Crippen LogP contribution in [0.4, 0.5) is 0 Å². The molecule has 0 spiro atoms. The Morgan fingerprint density at radius 1 is 1.10 bits per heavy atom. The van der Waals surface area contributed by atoms with Gasteiger partial charge >= 0.3 is 0 Å². The minimum absolute atomic E-state index is 0.203. The highest BCUT2D eigenvalue weighted by molar-refractivity contribution is 5.81. The van der Waals surface area contributed by atoms with Gasteiger partial charge in [0.2, 0.25) is 5.91 Å². The number of ether oxygens (including phenoxy) is 1. The van der Waals surface area contributed by atoms with Crippen LogP contribution in [0.1, 0.15) is 49.4 Å². The lowest BCUT2D eigenvalue weighted by atomic mass is 10.1. The zero-order valence-electron chi connectivity index (χ0n) is 17.6. The van der Waals surface area contributed by atoms with E-state index in [1.807, 2.05) is 18.2 Å². The Labute approximate surface area is 177 Å². The average Bonchev–Trinajstić information content (AvgIpc) is 3.41. The molecule has 1 aliphatic heterocycles. The summed E-state index contributed by atoms with van der Waals surface area (Å²) in [6, 6.07) is 17.0. The van der Waals surface area contributed by atoms with Gasteiger partial charge in [-0.2, -0.15) is 0 Å². The molecular formula is C25H29N3O2. The molecule has 0 radical (unpaired) electrons. The molecule has 0 N–H and O–H groups in total. The van der Waals surface area contributed by atoms with Crippen LogP contribution in [-0.4, -0.2) is 39.6 Å². The van der Waals surface area contributed by atoms with Gasteiger partial charge in [-0.1, -0.05) is 24.3 Å². The molecule has 2 aliphatic rings. The molecule has 1 aliphatic carbocycles. The van der Waals surface area contributed by atoms with Crippen LogP contribution in [0.5, 0.6) is 5.75 Å². The maximum Gasteiger partial charge on any atom is 0.223 e. The number of imidazole rings is 1. The number of fused-ring (bicyclic) bond motifs is 1. The first-order chi connectivity index (χ1) is 14.7. The van der Waals surface area contributed by atoms with Crippen molar-refractivity contribution in [2.24, 2.45) is 0 Å². The Morgan fingerprint density at radius 3 is 2.80 bits per heavy atom. The SMILES string of the molecule is Cc1cccc(OCCCCn2c(C3CC(=O)N(C4CC4)C3)nc3ccccc32)c1. The number of para-hydroxylation sites is 2. The number of aryl methyl sites for hydroxylation is 2. The molecule has 1 saturated heterocycles. The Kier molecular flexibility index (Phi) is 5.19. The predicted octanol–water partition coefficient (Wildman–Crippen LogP) is 4.68. The second kappa shape index (κ2) is 8.13. The summed E-state index contributed by atoms with van der Waals surface area (Å²) in [4.78, 5) is 19.5. The first-order valence-corrected chi connectivity index (χ1v) is 11.1. The molecule has 1 saturated carbocycles. The fraction of sp³-hybridized carbons (Fsp3) is 0.440. The number of rotatable bonds is 8. The second-order valence-corrected chi connectivity index (χ2v) is 8.66. The van der Waals surface area contributed by atoms with Crippen molar-refractivity contribution in [2.75, 3.05) is 13.2 Å². The molecule has 156 valence electrons. The summed E-state index contributed by atoms with van der Waals surface area (Å²) in [7, 11) is 0. The van der Waals surface area contributed by atoms with Crippen LogP contribution < -0.4 is 4.74 Å². The molecule has 1 unspecified atom stereocenters. The van der Waals surface area contributed by atoms with Gasteiger partial charge in [-0.3, -0.25) is 4.79 Å². The fourth-order valence-corrected chi connectivity index (χ4v) is 4.55. The number of carbonyl (C=O) groups excluding carboxylic acids is 1. The Balaban J connectivity index is 1.26. The average molecular weight is 404 g/mol. The molecule has 2 fully saturated rings. The highest BCUT2D eigenvalue weighted by Crippen LogP contribution is 2.37. The molecule has 1 atom stereocenters. The molecule has 5 heteroatoms. The maximum atomic E-state index is 12.5. The monoisotopic (exact) mass is 403 g/mol. The van der Waals surface area contributed by atoms with Crippen LogP contribution in [0, 0.1) is 6.92 Å². The van der Waals surface area contributed by atoms with Gasteiger partial charge in [-0.15, -0.1) is 0 Å². The van der Waals surface area contributed by atoms with Gasteiger partial charge in [-0.25, -0.2) is 4.98 Å². The van der Waals surface area contributed by atoms with E-state index in [4.69, 9.17) is 9.72 Å². The molecule has 3 aromatic rings. The maximum absolute atomic E-state index is 12.5. The second-order valence-electron chi connectivity index (χ2n) is 8.66. The lowest BCUT2D eigenvalue weighted by Gasteiger charge is -2.16. The number of benzene rings is 2. The number of likely N-dealkylation sites (tertiary alicyclic amines) is 1. The van der Waals surface area contributed by atoms with E-state index in [1.165, 1.54) is 11.1 Å². The zero-order valence-corrected chi connectivity index (χ0v) is 17.6. The van der Waals surface area contributed by atoms with Crippen LogP contribution in [0.15, 0.2) is 48.5 Å². The van der Waals surface area contributed by atoms with Crippen LogP contribution in [0.2, 0.25) is 0 Å². The fourth-order valence-electron chi connectivity index (χ4n) is 4.55. The third-order valence-electron chi connectivity index (χ3n) is 6.23. The molecular weight excluding hydrogens is 374 g/mol. The largest absolute Gasteiger partial charge is 0.494 e. The van der Waals surface area contributed by atoms with Crippen molar-refractivity contribution in [3.8, 4) is 5.75 Å². The zero-order chi connectivity index (χ0) is 20.5.